The molecule has 8 heteroatoms. The molecule has 0 unspecified atom stereocenters. The third-order valence-corrected chi connectivity index (χ3v) is 3.10. The average Bonchev–Trinajstić information content (AvgIpc) is 2.87. The van der Waals surface area contributed by atoms with Gasteiger partial charge in [0.15, 0.2) is 0 Å². The molecule has 0 fully saturated rings. The number of hydrogen-bond acceptors (Lipinski definition) is 6. The van der Waals surface area contributed by atoms with Crippen molar-refractivity contribution >= 4 is 17.1 Å². The lowest BCUT2D eigenvalue weighted by Crippen LogP contribution is -2.07. The van der Waals surface area contributed by atoms with Gasteiger partial charge < -0.3 is 11.1 Å². The van der Waals surface area contributed by atoms with Crippen LogP contribution in [-0.4, -0.2) is 16.4 Å². The number of hydrogen-bond donors (Lipinski definition) is 2. The Morgan fingerprint density at radius 1 is 1.08 bits per heavy atom. The first kappa shape index (κ1) is 22.8. The van der Waals surface area contributed by atoms with Crippen LogP contribution in [0, 0.1) is 20.2 Å². The number of benzene rings is 1. The summed E-state index contributed by atoms with van der Waals surface area (Å²) >= 11 is 0. The average molecular weight is 362 g/mol. The zero-order valence-corrected chi connectivity index (χ0v) is 15.6. The van der Waals surface area contributed by atoms with Crippen molar-refractivity contribution in [3.63, 3.8) is 0 Å². The molecule has 1 aromatic rings. The number of nitro benzene ring substituents is 2. The van der Waals surface area contributed by atoms with Gasteiger partial charge in [-0.05, 0) is 30.2 Å². The highest BCUT2D eigenvalue weighted by atomic mass is 16.6. The van der Waals surface area contributed by atoms with E-state index in [-0.39, 0.29) is 17.1 Å². The normalized spacial score (nSPS) is 12.2. The quantitative estimate of drug-likeness (QED) is 0.578. The molecule has 26 heavy (non-hydrogen) atoms. The van der Waals surface area contributed by atoms with Crippen LogP contribution in [0.25, 0.3) is 0 Å². The van der Waals surface area contributed by atoms with Crippen LogP contribution in [0.3, 0.4) is 0 Å². The van der Waals surface area contributed by atoms with Gasteiger partial charge in [0, 0.05) is 18.3 Å². The lowest BCUT2D eigenvalue weighted by atomic mass is 10.1. The molecule has 0 saturated heterocycles. The Hall–Kier alpha value is -3.16. The van der Waals surface area contributed by atoms with Crippen molar-refractivity contribution in [3.8, 4) is 0 Å². The SMILES string of the molecule is CC.CC.NC1=CC=C(CNc2ccc([N+](=O)[O-])cc2[N+](=O)[O-])CC=C1. The van der Waals surface area contributed by atoms with Gasteiger partial charge in [-0.25, -0.2) is 0 Å². The fourth-order valence-electron chi connectivity index (χ4n) is 1.96. The molecule has 0 radical (unpaired) electrons. The van der Waals surface area contributed by atoms with Gasteiger partial charge in [0.05, 0.1) is 15.9 Å². The van der Waals surface area contributed by atoms with Gasteiger partial charge in [-0.2, -0.15) is 0 Å². The molecule has 0 saturated carbocycles. The number of nitrogens with one attached hydrogen (secondary N) is 1. The van der Waals surface area contributed by atoms with Crippen LogP contribution in [0.15, 0.2) is 53.8 Å². The highest BCUT2D eigenvalue weighted by Gasteiger charge is 2.19. The molecule has 2 rings (SSSR count). The van der Waals surface area contributed by atoms with Crippen LogP contribution < -0.4 is 11.1 Å². The molecule has 0 atom stereocenters. The van der Waals surface area contributed by atoms with Crippen LogP contribution in [0.5, 0.6) is 0 Å². The van der Waals surface area contributed by atoms with Crippen molar-refractivity contribution in [3.05, 3.63) is 74.0 Å². The number of non-ortho nitro benzene ring substituents is 1. The summed E-state index contributed by atoms with van der Waals surface area (Å²) in [5, 5.41) is 24.7. The van der Waals surface area contributed by atoms with Gasteiger partial charge in [-0.3, -0.25) is 20.2 Å². The summed E-state index contributed by atoms with van der Waals surface area (Å²) in [5.41, 5.74) is 6.89. The Morgan fingerprint density at radius 3 is 2.31 bits per heavy atom. The zero-order valence-electron chi connectivity index (χ0n) is 15.6. The van der Waals surface area contributed by atoms with Gasteiger partial charge in [0.2, 0.25) is 0 Å². The molecule has 0 aliphatic heterocycles. The van der Waals surface area contributed by atoms with E-state index in [1.54, 1.807) is 12.2 Å². The first-order valence-electron chi connectivity index (χ1n) is 8.46. The second-order valence-electron chi connectivity index (χ2n) is 4.67. The maximum atomic E-state index is 11.0. The minimum Gasteiger partial charge on any atom is -0.399 e. The summed E-state index contributed by atoms with van der Waals surface area (Å²) in [4.78, 5) is 20.4. The van der Waals surface area contributed by atoms with Gasteiger partial charge in [0.25, 0.3) is 11.4 Å². The van der Waals surface area contributed by atoms with Crippen LogP contribution in [0.4, 0.5) is 17.1 Å². The Kier molecular flexibility index (Phi) is 10.8. The fraction of sp³-hybridized carbons (Fsp3) is 0.333. The van der Waals surface area contributed by atoms with Crippen molar-refractivity contribution in [2.45, 2.75) is 34.1 Å². The highest BCUT2D eigenvalue weighted by molar-refractivity contribution is 5.65. The summed E-state index contributed by atoms with van der Waals surface area (Å²) in [6.45, 7) is 8.38. The van der Waals surface area contributed by atoms with Gasteiger partial charge >= 0.3 is 0 Å². The number of rotatable bonds is 5. The molecule has 0 aromatic heterocycles. The number of anilines is 1. The van der Waals surface area contributed by atoms with Crippen molar-refractivity contribution < 1.29 is 9.85 Å². The largest absolute Gasteiger partial charge is 0.399 e. The van der Waals surface area contributed by atoms with Crippen molar-refractivity contribution in [1.82, 2.24) is 0 Å². The molecular weight excluding hydrogens is 336 g/mol. The van der Waals surface area contributed by atoms with Crippen LogP contribution in [-0.2, 0) is 0 Å². The zero-order chi connectivity index (χ0) is 20.1. The van der Waals surface area contributed by atoms with Crippen molar-refractivity contribution in [2.75, 3.05) is 11.9 Å². The molecule has 0 amide bonds. The second-order valence-corrected chi connectivity index (χ2v) is 4.67. The first-order valence-corrected chi connectivity index (χ1v) is 8.46. The number of nitro groups is 2. The third-order valence-electron chi connectivity index (χ3n) is 3.10. The predicted octanol–water partition coefficient (Wildman–Crippen LogP) is 4.70. The van der Waals surface area contributed by atoms with Crippen LogP contribution in [0.2, 0.25) is 0 Å². The van der Waals surface area contributed by atoms with Crippen molar-refractivity contribution in [2.24, 2.45) is 5.73 Å². The summed E-state index contributed by atoms with van der Waals surface area (Å²) in [5.74, 6) is 0. The Balaban J connectivity index is 0.00000146. The van der Waals surface area contributed by atoms with Crippen LogP contribution >= 0.6 is 0 Å². The van der Waals surface area contributed by atoms with Gasteiger partial charge in [0.1, 0.15) is 5.69 Å². The van der Waals surface area contributed by atoms with Gasteiger partial charge in [-0.1, -0.05) is 39.8 Å². The second kappa shape index (κ2) is 12.2. The predicted molar refractivity (Wildman–Crippen MR) is 105 cm³/mol. The lowest BCUT2D eigenvalue weighted by Gasteiger charge is -2.08. The maximum Gasteiger partial charge on any atom is 0.299 e. The van der Waals surface area contributed by atoms with Crippen LogP contribution in [0.1, 0.15) is 34.1 Å². The minimum atomic E-state index is -0.664. The molecular formula is C18H26N4O4. The minimum absolute atomic E-state index is 0.238. The Labute approximate surface area is 153 Å². The summed E-state index contributed by atoms with van der Waals surface area (Å²) < 4.78 is 0. The highest BCUT2D eigenvalue weighted by Crippen LogP contribution is 2.29. The van der Waals surface area contributed by atoms with E-state index >= 15 is 0 Å². The van der Waals surface area contributed by atoms with E-state index in [1.165, 1.54) is 12.1 Å². The number of allylic oxidation sites excluding steroid dienone is 4. The van der Waals surface area contributed by atoms with E-state index < -0.39 is 9.85 Å². The molecule has 0 bridgehead atoms. The monoisotopic (exact) mass is 362 g/mol. The van der Waals surface area contributed by atoms with E-state index in [9.17, 15) is 20.2 Å². The fourth-order valence-corrected chi connectivity index (χ4v) is 1.96. The third kappa shape index (κ3) is 7.16. The van der Waals surface area contributed by atoms with E-state index in [2.05, 4.69) is 5.32 Å². The molecule has 1 aliphatic rings. The van der Waals surface area contributed by atoms with E-state index in [0.717, 1.165) is 11.6 Å². The smallest absolute Gasteiger partial charge is 0.299 e. The van der Waals surface area contributed by atoms with Crippen molar-refractivity contribution in [1.29, 1.82) is 0 Å². The molecule has 0 heterocycles. The van der Waals surface area contributed by atoms with E-state index in [4.69, 9.17) is 5.73 Å². The molecule has 0 spiro atoms. The van der Waals surface area contributed by atoms with E-state index in [1.807, 2.05) is 39.8 Å². The first-order chi connectivity index (χ1) is 12.5. The lowest BCUT2D eigenvalue weighted by molar-refractivity contribution is -0.393. The summed E-state index contributed by atoms with van der Waals surface area (Å²) in [6.07, 6.45) is 7.96. The molecule has 1 aliphatic carbocycles. The summed E-state index contributed by atoms with van der Waals surface area (Å²) in [7, 11) is 0. The molecule has 1 aromatic carbocycles. The topological polar surface area (TPSA) is 124 Å². The summed E-state index contributed by atoms with van der Waals surface area (Å²) in [6, 6.07) is 3.52. The maximum absolute atomic E-state index is 11.0. The van der Waals surface area contributed by atoms with Gasteiger partial charge in [-0.15, -0.1) is 0 Å². The number of nitrogens with zero attached hydrogens (tertiary/aromatic N) is 2. The van der Waals surface area contributed by atoms with E-state index in [0.29, 0.717) is 18.7 Å². The molecule has 142 valence electrons. The number of nitrogens with two attached hydrogens (primary N) is 1. The Morgan fingerprint density at radius 2 is 1.73 bits per heavy atom. The standard InChI is InChI=1S/C14H14N4O4.2C2H6/c15-11-3-1-2-10(4-5-11)9-16-13-7-6-12(17(19)20)8-14(13)18(21)22;2*1-2/h1,3-8,16H,2,9,15H2;2*1-2H3. The molecule has 8 nitrogen and oxygen atoms in total. The molecule has 3 N–H and O–H groups in total. The Bertz CT molecular complexity index is 709.